The molecule has 0 aliphatic carbocycles. The van der Waals surface area contributed by atoms with E-state index in [0.717, 1.165) is 51.4 Å². The fourth-order valence-electron chi connectivity index (χ4n) is 3.21. The molecule has 18 heavy (non-hydrogen) atoms. The van der Waals surface area contributed by atoms with E-state index < -0.39 is 0 Å². The number of rotatable bonds is 1. The Labute approximate surface area is 109 Å². The third-order valence-electron chi connectivity index (χ3n) is 4.17. The number of hydrogen-bond donors (Lipinski definition) is 1. The summed E-state index contributed by atoms with van der Waals surface area (Å²) in [4.78, 5) is 2.45. The highest BCUT2D eigenvalue weighted by Gasteiger charge is 2.23. The molecule has 0 saturated carbocycles. The van der Waals surface area contributed by atoms with Gasteiger partial charge in [-0.3, -0.25) is 0 Å². The van der Waals surface area contributed by atoms with Crippen molar-refractivity contribution < 1.29 is 4.74 Å². The molecule has 3 nitrogen and oxygen atoms in total. The number of fused-ring (bicyclic) bond motifs is 2. The van der Waals surface area contributed by atoms with Crippen molar-refractivity contribution in [2.24, 2.45) is 0 Å². The Kier molecular flexibility index (Phi) is 3.16. The Balaban J connectivity index is 2.12. The van der Waals surface area contributed by atoms with Crippen LogP contribution >= 0.6 is 0 Å². The minimum atomic E-state index is 0.817. The van der Waals surface area contributed by atoms with Gasteiger partial charge in [0.1, 0.15) is 12.4 Å². The summed E-state index contributed by atoms with van der Waals surface area (Å²) in [6.07, 6.45) is 2.27. The number of hydrogen-bond acceptors (Lipinski definition) is 3. The van der Waals surface area contributed by atoms with E-state index in [9.17, 15) is 0 Å². The molecule has 0 atom stereocenters. The smallest absolute Gasteiger partial charge is 0.143 e. The molecule has 0 amide bonds. The Morgan fingerprint density at radius 1 is 1.33 bits per heavy atom. The van der Waals surface area contributed by atoms with Gasteiger partial charge in [0.05, 0.1) is 12.2 Å². The summed E-state index contributed by atoms with van der Waals surface area (Å²) in [6, 6.07) is 2.28. The van der Waals surface area contributed by atoms with E-state index in [1.54, 1.807) is 5.56 Å². The molecule has 1 aromatic carbocycles. The zero-order valence-corrected chi connectivity index (χ0v) is 11.4. The summed E-state index contributed by atoms with van der Waals surface area (Å²) >= 11 is 0. The second-order valence-corrected chi connectivity index (χ2v) is 5.16. The Hall–Kier alpha value is -1.22. The normalized spacial score (nSPS) is 18.7. The van der Waals surface area contributed by atoms with Crippen molar-refractivity contribution in [2.75, 3.05) is 37.7 Å². The van der Waals surface area contributed by atoms with Crippen LogP contribution in [-0.4, -0.2) is 32.8 Å². The van der Waals surface area contributed by atoms with Crippen LogP contribution in [0.2, 0.25) is 0 Å². The third-order valence-corrected chi connectivity index (χ3v) is 4.17. The summed E-state index contributed by atoms with van der Waals surface area (Å²) in [5.41, 5.74) is 5.80. The number of nitrogens with zero attached hydrogens (tertiary/aromatic N) is 1. The van der Waals surface area contributed by atoms with Gasteiger partial charge in [0.25, 0.3) is 0 Å². The van der Waals surface area contributed by atoms with Crippen molar-refractivity contribution in [1.82, 2.24) is 5.32 Å². The van der Waals surface area contributed by atoms with Crippen LogP contribution in [0, 0.1) is 6.92 Å². The average molecular weight is 246 g/mol. The summed E-state index contributed by atoms with van der Waals surface area (Å²) in [7, 11) is 0. The Morgan fingerprint density at radius 2 is 2.17 bits per heavy atom. The van der Waals surface area contributed by atoms with Crippen molar-refractivity contribution in [2.45, 2.75) is 26.7 Å². The molecule has 1 aromatic rings. The first kappa shape index (κ1) is 11.8. The lowest BCUT2D eigenvalue weighted by molar-refractivity contribution is 0.307. The third kappa shape index (κ3) is 1.87. The molecule has 2 aliphatic rings. The van der Waals surface area contributed by atoms with E-state index in [1.807, 2.05) is 0 Å². The summed E-state index contributed by atoms with van der Waals surface area (Å²) in [6.45, 7) is 9.57. The molecule has 98 valence electrons. The van der Waals surface area contributed by atoms with E-state index >= 15 is 0 Å². The lowest BCUT2D eigenvalue weighted by Gasteiger charge is -2.33. The molecular formula is C15H22N2O. The maximum Gasteiger partial charge on any atom is 0.143 e. The first-order valence-corrected chi connectivity index (χ1v) is 7.05. The van der Waals surface area contributed by atoms with Gasteiger partial charge in [-0.05, 0) is 62.5 Å². The topological polar surface area (TPSA) is 24.5 Å². The quantitative estimate of drug-likeness (QED) is 0.819. The molecule has 0 bridgehead atoms. The van der Waals surface area contributed by atoms with Gasteiger partial charge in [0.2, 0.25) is 0 Å². The summed E-state index contributed by atoms with van der Waals surface area (Å²) < 4.78 is 5.88. The van der Waals surface area contributed by atoms with Crippen LogP contribution in [-0.2, 0) is 12.8 Å². The van der Waals surface area contributed by atoms with Crippen molar-refractivity contribution in [3.8, 4) is 5.75 Å². The van der Waals surface area contributed by atoms with Gasteiger partial charge in [-0.2, -0.15) is 0 Å². The Morgan fingerprint density at radius 3 is 3.00 bits per heavy atom. The molecule has 0 spiro atoms. The van der Waals surface area contributed by atoms with Crippen LogP contribution in [0.4, 0.5) is 5.69 Å². The lowest BCUT2D eigenvalue weighted by atomic mass is 9.94. The fraction of sp³-hybridized carbons (Fsp3) is 0.600. The summed E-state index contributed by atoms with van der Waals surface area (Å²) in [5, 5.41) is 3.48. The summed E-state index contributed by atoms with van der Waals surface area (Å²) in [5.74, 6) is 1.10. The van der Waals surface area contributed by atoms with Gasteiger partial charge in [-0.25, -0.2) is 0 Å². The first-order chi connectivity index (χ1) is 8.81. The number of likely N-dealkylation sites (N-methyl/N-ethyl adjacent to an activating group) is 1. The molecule has 0 unspecified atom stereocenters. The highest BCUT2D eigenvalue weighted by molar-refractivity contribution is 5.69. The number of benzene rings is 1. The van der Waals surface area contributed by atoms with Crippen LogP contribution in [0.25, 0.3) is 0 Å². The van der Waals surface area contributed by atoms with E-state index in [0.29, 0.717) is 0 Å². The molecule has 2 aliphatic heterocycles. The van der Waals surface area contributed by atoms with Crippen molar-refractivity contribution >= 4 is 5.69 Å². The van der Waals surface area contributed by atoms with Crippen molar-refractivity contribution in [3.63, 3.8) is 0 Å². The van der Waals surface area contributed by atoms with Crippen LogP contribution in [0.3, 0.4) is 0 Å². The van der Waals surface area contributed by atoms with Crippen LogP contribution in [0.15, 0.2) is 6.07 Å². The van der Waals surface area contributed by atoms with Crippen molar-refractivity contribution in [3.05, 3.63) is 22.8 Å². The molecule has 3 heteroatoms. The molecular weight excluding hydrogens is 224 g/mol. The van der Waals surface area contributed by atoms with Gasteiger partial charge >= 0.3 is 0 Å². The highest BCUT2D eigenvalue weighted by Crippen LogP contribution is 2.39. The van der Waals surface area contributed by atoms with Crippen LogP contribution in [0.1, 0.15) is 23.6 Å². The second kappa shape index (κ2) is 4.81. The van der Waals surface area contributed by atoms with Gasteiger partial charge in [-0.1, -0.05) is 0 Å². The largest absolute Gasteiger partial charge is 0.490 e. The molecule has 2 heterocycles. The molecule has 0 fully saturated rings. The Bertz CT molecular complexity index is 456. The predicted molar refractivity (Wildman–Crippen MR) is 74.8 cm³/mol. The molecule has 0 saturated heterocycles. The van der Waals surface area contributed by atoms with Gasteiger partial charge in [-0.15, -0.1) is 0 Å². The van der Waals surface area contributed by atoms with E-state index in [-0.39, 0.29) is 0 Å². The second-order valence-electron chi connectivity index (χ2n) is 5.16. The standard InChI is InChI=1S/C15H22N2O/c1-3-17-8-9-18-14-10-12-4-6-16-7-5-13(12)11(2)15(14)17/h10,16H,3-9H2,1-2H3. The number of nitrogens with one attached hydrogen (secondary N) is 1. The molecule has 0 aromatic heterocycles. The maximum absolute atomic E-state index is 5.88. The maximum atomic E-state index is 5.88. The zero-order valence-electron chi connectivity index (χ0n) is 11.4. The number of ether oxygens (including phenoxy) is 1. The van der Waals surface area contributed by atoms with Crippen molar-refractivity contribution in [1.29, 1.82) is 0 Å². The van der Waals surface area contributed by atoms with Crippen LogP contribution < -0.4 is 15.0 Å². The van der Waals surface area contributed by atoms with Gasteiger partial charge < -0.3 is 15.0 Å². The van der Waals surface area contributed by atoms with E-state index in [4.69, 9.17) is 4.74 Å². The zero-order chi connectivity index (χ0) is 12.5. The monoisotopic (exact) mass is 246 g/mol. The molecule has 3 rings (SSSR count). The fourth-order valence-corrected chi connectivity index (χ4v) is 3.21. The average Bonchev–Trinajstić information content (AvgIpc) is 2.63. The number of anilines is 1. The minimum Gasteiger partial charge on any atom is -0.490 e. The van der Waals surface area contributed by atoms with E-state index in [1.165, 1.54) is 16.8 Å². The van der Waals surface area contributed by atoms with Crippen LogP contribution in [0.5, 0.6) is 5.75 Å². The molecule has 0 radical (unpaired) electrons. The predicted octanol–water partition coefficient (Wildman–Crippen LogP) is 1.90. The SMILES string of the molecule is CCN1CCOc2cc3c(c(C)c21)CCNCC3. The van der Waals surface area contributed by atoms with Gasteiger partial charge in [0, 0.05) is 6.54 Å². The lowest BCUT2D eigenvalue weighted by Crippen LogP contribution is -2.33. The highest BCUT2D eigenvalue weighted by atomic mass is 16.5. The molecule has 1 N–H and O–H groups in total. The minimum absolute atomic E-state index is 0.817. The first-order valence-electron chi connectivity index (χ1n) is 7.05. The van der Waals surface area contributed by atoms with Gasteiger partial charge in [0.15, 0.2) is 0 Å². The van der Waals surface area contributed by atoms with E-state index in [2.05, 4.69) is 30.1 Å².